The summed E-state index contributed by atoms with van der Waals surface area (Å²) in [5, 5.41) is 8.79. The van der Waals surface area contributed by atoms with Crippen molar-refractivity contribution in [3.8, 4) is 0 Å². The van der Waals surface area contributed by atoms with Crippen LogP contribution in [0.1, 0.15) is 0 Å². The Hall–Kier alpha value is -1.10. The van der Waals surface area contributed by atoms with Crippen molar-refractivity contribution in [2.24, 2.45) is 5.73 Å². The fourth-order valence-electron chi connectivity index (χ4n) is 1.45. The fourth-order valence-corrected chi connectivity index (χ4v) is 1.45. The number of hydrogen-bond acceptors (Lipinski definition) is 3. The first-order valence-corrected chi connectivity index (χ1v) is 6.66. The highest BCUT2D eigenvalue weighted by Crippen LogP contribution is 2.60. The molecule has 0 saturated heterocycles. The predicted octanol–water partition coefficient (Wildman–Crippen LogP) is 3.40. The molecule has 28 heavy (non-hydrogen) atoms. The Morgan fingerprint density at radius 3 is 1.46 bits per heavy atom. The summed E-state index contributed by atoms with van der Waals surface area (Å²) in [6.45, 7) is -4.91. The lowest BCUT2D eigenvalue weighted by Crippen LogP contribution is -2.72. The first kappa shape index (κ1) is 26.9. The van der Waals surface area contributed by atoms with Gasteiger partial charge < -0.3 is 15.6 Å². The van der Waals surface area contributed by atoms with Gasteiger partial charge in [-0.2, -0.15) is 52.7 Å². The van der Waals surface area contributed by atoms with Crippen molar-refractivity contribution in [3.05, 3.63) is 0 Å². The summed E-state index contributed by atoms with van der Waals surface area (Å²) < 4.78 is 184. The van der Waals surface area contributed by atoms with Crippen molar-refractivity contribution < 1.29 is 71.3 Å². The van der Waals surface area contributed by atoms with E-state index in [2.05, 4.69) is 4.74 Å². The van der Waals surface area contributed by atoms with E-state index < -0.39 is 67.8 Å². The zero-order valence-corrected chi connectivity index (χ0v) is 13.0. The minimum atomic E-state index is -8.07. The Morgan fingerprint density at radius 1 is 0.714 bits per heavy atom. The van der Waals surface area contributed by atoms with Crippen LogP contribution in [-0.2, 0) is 4.74 Å². The molecule has 1 atom stereocenters. The smallest absolute Gasteiger partial charge is 0.384 e. The summed E-state index contributed by atoms with van der Waals surface area (Å²) in [5.74, 6) is -45.1. The summed E-state index contributed by atoms with van der Waals surface area (Å²) in [4.78, 5) is 0. The molecule has 0 aromatic heterocycles. The summed E-state index contributed by atoms with van der Waals surface area (Å²) >= 11 is 0. The van der Waals surface area contributed by atoms with Crippen LogP contribution in [0.5, 0.6) is 0 Å². The molecule has 0 radical (unpaired) electrons. The fraction of sp³-hybridized carbons (Fsp3) is 1.00. The first-order valence-electron chi connectivity index (χ1n) is 6.66. The average Bonchev–Trinajstić information content (AvgIpc) is 2.53. The lowest BCUT2D eigenvalue weighted by molar-refractivity contribution is -0.434. The number of aliphatic hydroxyl groups is 1. The van der Waals surface area contributed by atoms with Crippen molar-refractivity contribution >= 4 is 0 Å². The van der Waals surface area contributed by atoms with Crippen LogP contribution in [0.3, 0.4) is 0 Å². The van der Waals surface area contributed by atoms with Gasteiger partial charge in [0.2, 0.25) is 0 Å². The van der Waals surface area contributed by atoms with Gasteiger partial charge in [0, 0.05) is 6.54 Å². The van der Waals surface area contributed by atoms with E-state index in [9.17, 15) is 61.5 Å². The number of nitrogens with two attached hydrogens (primary N) is 1. The maximum atomic E-state index is 13.3. The molecule has 17 heteroatoms. The molecule has 0 aliphatic rings. The third-order valence-corrected chi connectivity index (χ3v) is 3.20. The van der Waals surface area contributed by atoms with E-state index >= 15 is 0 Å². The molecule has 3 N–H and O–H groups in total. The van der Waals surface area contributed by atoms with Gasteiger partial charge in [-0.25, -0.2) is 8.78 Å². The number of ether oxygens (including phenoxy) is 1. The lowest BCUT2D eigenvalue weighted by atomic mass is 9.91. The van der Waals surface area contributed by atoms with Gasteiger partial charge in [-0.3, -0.25) is 0 Å². The monoisotopic (exact) mass is 455 g/mol. The van der Waals surface area contributed by atoms with Crippen LogP contribution in [-0.4, -0.2) is 72.9 Å². The summed E-state index contributed by atoms with van der Waals surface area (Å²) in [7, 11) is 0. The molecule has 3 nitrogen and oxygen atoms in total. The molecular formula is C11H11F14NO2. The van der Waals surface area contributed by atoms with Crippen LogP contribution in [0.4, 0.5) is 61.5 Å². The number of hydrogen-bond donors (Lipinski definition) is 2. The Kier molecular flexibility index (Phi) is 7.65. The standard InChI is InChI=1S/C11H11F14NO2/c12-5(13)7(16,17)9(20,21)11(24,25)10(22,23)8(18,19)6(14,15)3-28-2-4(27)1-26/h4-5,27H,1-3,26H2. The van der Waals surface area contributed by atoms with Gasteiger partial charge in [-0.05, 0) is 0 Å². The number of rotatable bonds is 11. The second kappa shape index (κ2) is 7.97. The highest BCUT2D eigenvalue weighted by Gasteiger charge is 2.91. The third kappa shape index (κ3) is 4.10. The van der Waals surface area contributed by atoms with Gasteiger partial charge >= 0.3 is 42.0 Å². The highest BCUT2D eigenvalue weighted by molar-refractivity contribution is 5.12. The SMILES string of the molecule is NCC(O)COCC(F)(F)C(F)(F)C(F)(F)C(F)(F)C(F)(F)C(F)(F)C(F)F. The molecule has 0 amide bonds. The van der Waals surface area contributed by atoms with Gasteiger partial charge in [0.05, 0.1) is 12.7 Å². The molecule has 0 saturated carbocycles. The molecule has 1 unspecified atom stereocenters. The Morgan fingerprint density at radius 2 is 1.11 bits per heavy atom. The number of aliphatic hydroxyl groups excluding tert-OH is 1. The molecule has 0 rings (SSSR count). The van der Waals surface area contributed by atoms with Crippen molar-refractivity contribution in [3.63, 3.8) is 0 Å². The second-order valence-corrected chi connectivity index (χ2v) is 5.33. The zero-order chi connectivity index (χ0) is 23.0. The van der Waals surface area contributed by atoms with Gasteiger partial charge in [0.1, 0.15) is 6.61 Å². The van der Waals surface area contributed by atoms with Crippen molar-refractivity contribution in [1.29, 1.82) is 0 Å². The quantitative estimate of drug-likeness (QED) is 0.470. The van der Waals surface area contributed by atoms with Crippen LogP contribution in [0, 0.1) is 0 Å². The molecular weight excluding hydrogens is 444 g/mol. The van der Waals surface area contributed by atoms with Crippen LogP contribution in [0.15, 0.2) is 0 Å². The molecule has 170 valence electrons. The van der Waals surface area contributed by atoms with Crippen LogP contribution in [0.2, 0.25) is 0 Å². The minimum absolute atomic E-state index is 0.717. The minimum Gasteiger partial charge on any atom is -0.389 e. The Labute approximate surface area is 146 Å². The summed E-state index contributed by atoms with van der Waals surface area (Å²) in [6, 6.07) is 0. The Balaban J connectivity index is 5.97. The first-order chi connectivity index (χ1) is 12.1. The Bertz CT molecular complexity index is 523. The van der Waals surface area contributed by atoms with Crippen molar-refractivity contribution in [1.82, 2.24) is 0 Å². The van der Waals surface area contributed by atoms with Gasteiger partial charge in [0.25, 0.3) is 0 Å². The predicted molar refractivity (Wildman–Crippen MR) is 61.6 cm³/mol. The lowest BCUT2D eigenvalue weighted by Gasteiger charge is -2.41. The molecule has 0 aromatic rings. The highest BCUT2D eigenvalue weighted by atomic mass is 19.4. The summed E-state index contributed by atoms with van der Waals surface area (Å²) in [5.41, 5.74) is 4.75. The molecule has 0 aromatic carbocycles. The van der Waals surface area contributed by atoms with E-state index in [-0.39, 0.29) is 0 Å². The normalized spacial score (nSPS) is 16.6. The van der Waals surface area contributed by atoms with Crippen molar-refractivity contribution in [2.45, 2.75) is 48.1 Å². The molecule has 0 bridgehead atoms. The van der Waals surface area contributed by atoms with E-state index in [0.717, 1.165) is 0 Å². The van der Waals surface area contributed by atoms with Gasteiger partial charge in [-0.15, -0.1) is 0 Å². The largest absolute Gasteiger partial charge is 0.389 e. The molecule has 0 spiro atoms. The van der Waals surface area contributed by atoms with E-state index in [0.29, 0.717) is 0 Å². The van der Waals surface area contributed by atoms with Gasteiger partial charge in [-0.1, -0.05) is 0 Å². The van der Waals surface area contributed by atoms with Crippen LogP contribution < -0.4 is 5.73 Å². The van der Waals surface area contributed by atoms with E-state index in [1.165, 1.54) is 0 Å². The molecule has 0 heterocycles. The number of alkyl halides is 14. The maximum Gasteiger partial charge on any atom is 0.384 e. The van der Waals surface area contributed by atoms with Crippen molar-refractivity contribution in [2.75, 3.05) is 19.8 Å². The summed E-state index contributed by atoms with van der Waals surface area (Å²) in [6.07, 6.45) is -7.54. The molecule has 0 aliphatic carbocycles. The van der Waals surface area contributed by atoms with E-state index in [1.54, 1.807) is 0 Å². The van der Waals surface area contributed by atoms with Crippen LogP contribution >= 0.6 is 0 Å². The van der Waals surface area contributed by atoms with E-state index in [4.69, 9.17) is 10.8 Å². The maximum absolute atomic E-state index is 13.3. The topological polar surface area (TPSA) is 55.5 Å². The van der Waals surface area contributed by atoms with Gasteiger partial charge in [0.15, 0.2) is 0 Å². The average molecular weight is 455 g/mol. The van der Waals surface area contributed by atoms with Crippen LogP contribution in [0.25, 0.3) is 0 Å². The zero-order valence-electron chi connectivity index (χ0n) is 13.0. The van der Waals surface area contributed by atoms with E-state index in [1.807, 2.05) is 0 Å². The molecule has 0 fully saturated rings. The molecule has 0 aliphatic heterocycles. The number of halogens is 14. The second-order valence-electron chi connectivity index (χ2n) is 5.33. The third-order valence-electron chi connectivity index (χ3n) is 3.20.